The predicted octanol–water partition coefficient (Wildman–Crippen LogP) is 12.2. The van der Waals surface area contributed by atoms with Crippen molar-refractivity contribution < 1.29 is 68.1 Å². The zero-order chi connectivity index (χ0) is 54.1. The highest BCUT2D eigenvalue weighted by Gasteiger charge is 2.30. The maximum absolute atomic E-state index is 13.7. The van der Waals surface area contributed by atoms with Crippen LogP contribution in [-0.2, 0) is 39.0 Å². The predicted molar refractivity (Wildman–Crippen MR) is 282 cm³/mol. The average molecular weight is 1090 g/mol. The third kappa shape index (κ3) is 8.68. The number of esters is 4. The van der Waals surface area contributed by atoms with Gasteiger partial charge in [0.25, 0.3) is 0 Å². The molecule has 15 nitrogen and oxygen atoms in total. The first-order valence-corrected chi connectivity index (χ1v) is 28.0. The molecule has 0 saturated heterocycles. The lowest BCUT2D eigenvalue weighted by atomic mass is 9.96. The van der Waals surface area contributed by atoms with E-state index in [1.807, 2.05) is 0 Å². The first-order valence-electron chi connectivity index (χ1n) is 23.6. The summed E-state index contributed by atoms with van der Waals surface area (Å²) in [5.74, 6) is -1.08. The minimum Gasteiger partial charge on any atom is -0.457 e. The van der Waals surface area contributed by atoms with E-state index in [9.17, 15) is 44.4 Å². The van der Waals surface area contributed by atoms with Crippen molar-refractivity contribution in [3.05, 3.63) is 229 Å². The molecule has 382 valence electrons. The molecule has 0 radical (unpaired) electrons. The fraction of sp³-hybridized carbons (Fsp3) is 0. The zero-order valence-corrected chi connectivity index (χ0v) is 42.4. The summed E-state index contributed by atoms with van der Waals surface area (Å²) in [4.78, 5) is 49.4. The van der Waals surface area contributed by atoms with Crippen LogP contribution in [0.3, 0.4) is 0 Å². The number of hydrogen-bond acceptors (Lipinski definition) is 15. The fourth-order valence-electron chi connectivity index (χ4n) is 9.21. The lowest BCUT2D eigenvalue weighted by molar-refractivity contribution is 0.0373. The Balaban J connectivity index is 0.668. The second kappa shape index (κ2) is 18.8. The summed E-state index contributed by atoms with van der Waals surface area (Å²) >= 11 is 0. The van der Waals surface area contributed by atoms with Crippen LogP contribution >= 0.6 is 0 Å². The Morgan fingerprint density at radius 3 is 0.821 bits per heavy atom. The molecule has 12 rings (SSSR count). The molecule has 2 heterocycles. The Morgan fingerprint density at radius 2 is 0.526 bits per heavy atom. The molecule has 0 amide bonds. The van der Waals surface area contributed by atoms with Crippen LogP contribution in [0.2, 0.25) is 0 Å². The number of sulfone groups is 3. The molecule has 0 unspecified atom stereocenters. The van der Waals surface area contributed by atoms with Gasteiger partial charge in [-0.1, -0.05) is 48.5 Å². The Labute approximate surface area is 444 Å². The van der Waals surface area contributed by atoms with Crippen LogP contribution in [0, 0.1) is 0 Å². The molecule has 0 bridgehead atoms. The molecule has 0 aliphatic carbocycles. The van der Waals surface area contributed by atoms with Gasteiger partial charge in [0.05, 0.1) is 51.6 Å². The smallest absolute Gasteiger partial charge is 0.346 e. The Bertz CT molecular complexity index is 4480. The molecule has 0 spiro atoms. The minimum atomic E-state index is -3.98. The van der Waals surface area contributed by atoms with E-state index in [-0.39, 0.29) is 51.6 Å². The van der Waals surface area contributed by atoms with Gasteiger partial charge in [0.15, 0.2) is 0 Å². The lowest BCUT2D eigenvalue weighted by Crippen LogP contribution is -2.19. The van der Waals surface area contributed by atoms with Crippen molar-refractivity contribution >= 4 is 74.9 Å². The van der Waals surface area contributed by atoms with Gasteiger partial charge in [-0.05, 0) is 169 Å². The standard InChI is InChI=1S/C60H34O15S3/c61-57-49-5-1-3-47-53(33-31-51(55(47)49)59(63)74-57)72-39-15-27-45(28-16-39)77(67,68)42-21-9-36(10-22-42)35-7-19-41(20-8-35)76(65,66)43-23-11-37(12-24-43)71-38-13-25-44(26-14-38)78(69,70)46-29-17-40(18-30-46)73-54-34-32-52-56-48(54)4-2-6-50(56)58(62)75-60(52)64/h1-34H. The van der Waals surface area contributed by atoms with Gasteiger partial charge in [-0.3, -0.25) is 0 Å². The normalized spacial score (nSPS) is 13.2. The summed E-state index contributed by atoms with van der Waals surface area (Å²) in [6.07, 6.45) is 0. The van der Waals surface area contributed by atoms with Crippen LogP contribution < -0.4 is 14.2 Å². The summed E-state index contributed by atoms with van der Waals surface area (Å²) in [7, 11) is -11.9. The SMILES string of the molecule is O=C1OC(=O)c2ccc(Oc3ccc(S(=O)(=O)c4ccc(Oc5ccc(S(=O)(=O)c6ccc(-c7ccc(S(=O)(=O)c8ccc(Oc9ccc%10c%11c(cccc9%11)C(=O)OC%10=O)cc8)cc7)cc6)cc5)cc4)cc3)c3cccc1c23. The number of carbonyl (C=O) groups excluding carboxylic acids is 4. The Hall–Kier alpha value is -9.75. The molecule has 78 heavy (non-hydrogen) atoms. The van der Waals surface area contributed by atoms with Crippen LogP contribution in [-0.4, -0.2) is 49.1 Å². The number of ether oxygens (including phenoxy) is 5. The van der Waals surface area contributed by atoms with E-state index in [1.165, 1.54) is 133 Å². The van der Waals surface area contributed by atoms with Gasteiger partial charge in [-0.25, -0.2) is 44.4 Å². The number of cyclic esters (lactones) is 4. The maximum Gasteiger partial charge on any atom is 0.346 e. The number of hydrogen-bond donors (Lipinski definition) is 0. The van der Waals surface area contributed by atoms with Gasteiger partial charge in [0.2, 0.25) is 29.5 Å². The molecule has 0 N–H and O–H groups in total. The molecule has 10 aromatic carbocycles. The van der Waals surface area contributed by atoms with Gasteiger partial charge in [-0.2, -0.15) is 0 Å². The lowest BCUT2D eigenvalue weighted by Gasteiger charge is -2.17. The van der Waals surface area contributed by atoms with Gasteiger partial charge in [0, 0.05) is 21.5 Å². The molecular formula is C60H34O15S3. The molecule has 2 aliphatic rings. The monoisotopic (exact) mass is 1090 g/mol. The highest BCUT2D eigenvalue weighted by Crippen LogP contribution is 2.40. The zero-order valence-electron chi connectivity index (χ0n) is 40.0. The molecule has 0 saturated carbocycles. The average Bonchev–Trinajstić information content (AvgIpc) is 3.55. The molecule has 0 aromatic heterocycles. The van der Waals surface area contributed by atoms with E-state index in [0.717, 1.165) is 0 Å². The van der Waals surface area contributed by atoms with Gasteiger partial charge in [-0.15, -0.1) is 0 Å². The van der Waals surface area contributed by atoms with E-state index < -0.39 is 53.4 Å². The van der Waals surface area contributed by atoms with E-state index in [1.54, 1.807) is 72.8 Å². The van der Waals surface area contributed by atoms with E-state index in [2.05, 4.69) is 0 Å². The molecule has 0 atom stereocenters. The largest absolute Gasteiger partial charge is 0.457 e. The third-order valence-corrected chi connectivity index (χ3v) is 18.5. The molecule has 0 fully saturated rings. The van der Waals surface area contributed by atoms with Crippen LogP contribution in [0.25, 0.3) is 32.7 Å². The number of benzene rings is 10. The Morgan fingerprint density at radius 1 is 0.269 bits per heavy atom. The minimum absolute atomic E-state index is 0.000541. The third-order valence-electron chi connectivity index (χ3n) is 13.1. The van der Waals surface area contributed by atoms with Crippen molar-refractivity contribution in [3.63, 3.8) is 0 Å². The number of carbonyl (C=O) groups is 4. The van der Waals surface area contributed by atoms with Crippen molar-refractivity contribution in [1.82, 2.24) is 0 Å². The van der Waals surface area contributed by atoms with Crippen molar-refractivity contribution in [2.45, 2.75) is 29.4 Å². The highest BCUT2D eigenvalue weighted by atomic mass is 32.2. The first kappa shape index (κ1) is 49.1. The quantitative estimate of drug-likeness (QED) is 0.0775. The topological polar surface area (TPSA) is 217 Å². The van der Waals surface area contributed by atoms with Crippen molar-refractivity contribution in [2.75, 3.05) is 0 Å². The summed E-state index contributed by atoms with van der Waals surface area (Å²) in [6.45, 7) is 0. The summed E-state index contributed by atoms with van der Waals surface area (Å²) in [6, 6.07) is 51.5. The molecule has 2 aliphatic heterocycles. The van der Waals surface area contributed by atoms with Crippen LogP contribution in [0.1, 0.15) is 41.4 Å². The second-order valence-corrected chi connectivity index (χ2v) is 23.6. The molecule has 10 aromatic rings. The fourth-order valence-corrected chi connectivity index (χ4v) is 13.0. The Kier molecular flexibility index (Phi) is 11.9. The van der Waals surface area contributed by atoms with Crippen LogP contribution in [0.15, 0.2) is 236 Å². The first-order chi connectivity index (χ1) is 37.5. The van der Waals surface area contributed by atoms with E-state index >= 15 is 0 Å². The highest BCUT2D eigenvalue weighted by molar-refractivity contribution is 7.92. The van der Waals surface area contributed by atoms with Crippen molar-refractivity contribution in [2.24, 2.45) is 0 Å². The van der Waals surface area contributed by atoms with E-state index in [4.69, 9.17) is 23.7 Å². The van der Waals surface area contributed by atoms with Gasteiger partial charge < -0.3 is 23.7 Å². The van der Waals surface area contributed by atoms with Crippen molar-refractivity contribution in [3.8, 4) is 45.6 Å². The summed E-state index contributed by atoms with van der Waals surface area (Å²) < 4.78 is 110. The van der Waals surface area contributed by atoms with Gasteiger partial charge >= 0.3 is 23.9 Å². The summed E-state index contributed by atoms with van der Waals surface area (Å²) in [5.41, 5.74) is 2.22. The van der Waals surface area contributed by atoms with Crippen LogP contribution in [0.5, 0.6) is 34.5 Å². The van der Waals surface area contributed by atoms with E-state index in [0.29, 0.717) is 67.2 Å². The second-order valence-electron chi connectivity index (χ2n) is 17.8. The molecular weight excluding hydrogens is 1060 g/mol. The maximum atomic E-state index is 13.7. The molecule has 18 heteroatoms. The number of rotatable bonds is 13. The van der Waals surface area contributed by atoms with Crippen molar-refractivity contribution in [1.29, 1.82) is 0 Å². The van der Waals surface area contributed by atoms with Crippen LogP contribution in [0.4, 0.5) is 0 Å². The summed E-state index contributed by atoms with van der Waals surface area (Å²) in [5, 5.41) is 1.85. The van der Waals surface area contributed by atoms with Gasteiger partial charge in [0.1, 0.15) is 34.5 Å².